The van der Waals surface area contributed by atoms with Crippen molar-refractivity contribution >= 4 is 22.6 Å². The van der Waals surface area contributed by atoms with E-state index in [1.807, 2.05) is 32.3 Å². The molecule has 3 unspecified atom stereocenters. The number of hydrogen-bond donors (Lipinski definition) is 0. The van der Waals surface area contributed by atoms with Crippen molar-refractivity contribution in [2.75, 3.05) is 14.1 Å². The SMILES string of the molecule is CN(C)C1N=C(c2ccccc2)SC2CCCC(=O)C21. The summed E-state index contributed by atoms with van der Waals surface area (Å²) in [5, 5.41) is 1.47. The average Bonchev–Trinajstić information content (AvgIpc) is 2.47. The van der Waals surface area contributed by atoms with Gasteiger partial charge in [-0.15, -0.1) is 11.8 Å². The van der Waals surface area contributed by atoms with Gasteiger partial charge in [0, 0.05) is 17.2 Å². The maximum absolute atomic E-state index is 12.3. The van der Waals surface area contributed by atoms with Crippen molar-refractivity contribution < 1.29 is 4.79 Å². The van der Waals surface area contributed by atoms with Gasteiger partial charge in [0.15, 0.2) is 0 Å². The smallest absolute Gasteiger partial charge is 0.140 e. The maximum Gasteiger partial charge on any atom is 0.140 e. The lowest BCUT2D eigenvalue weighted by atomic mass is 9.84. The minimum Gasteiger partial charge on any atom is -0.299 e. The highest BCUT2D eigenvalue weighted by Gasteiger charge is 2.42. The summed E-state index contributed by atoms with van der Waals surface area (Å²) in [7, 11) is 4.04. The van der Waals surface area contributed by atoms with E-state index < -0.39 is 0 Å². The van der Waals surface area contributed by atoms with Crippen LogP contribution in [0.5, 0.6) is 0 Å². The number of aliphatic imine (C=N–C) groups is 1. The molecule has 0 bridgehead atoms. The van der Waals surface area contributed by atoms with Gasteiger partial charge >= 0.3 is 0 Å². The Morgan fingerprint density at radius 3 is 2.70 bits per heavy atom. The van der Waals surface area contributed by atoms with Crippen LogP contribution in [0.15, 0.2) is 35.3 Å². The zero-order valence-corrected chi connectivity index (χ0v) is 12.8. The van der Waals surface area contributed by atoms with Crippen LogP contribution < -0.4 is 0 Å². The van der Waals surface area contributed by atoms with Crippen LogP contribution in [0.4, 0.5) is 0 Å². The molecule has 1 aliphatic carbocycles. The number of ketones is 1. The third-order valence-corrected chi connectivity index (χ3v) is 5.46. The average molecular weight is 288 g/mol. The number of carbonyl (C=O) groups is 1. The highest BCUT2D eigenvalue weighted by molar-refractivity contribution is 8.15. The lowest BCUT2D eigenvalue weighted by Crippen LogP contribution is -2.48. The van der Waals surface area contributed by atoms with Gasteiger partial charge in [-0.05, 0) is 26.9 Å². The molecule has 1 heterocycles. The van der Waals surface area contributed by atoms with Crippen molar-refractivity contribution in [2.45, 2.75) is 30.7 Å². The predicted octanol–water partition coefficient (Wildman–Crippen LogP) is 2.81. The Labute approximate surface area is 124 Å². The van der Waals surface area contributed by atoms with E-state index in [9.17, 15) is 4.79 Å². The first kappa shape index (κ1) is 13.8. The Balaban J connectivity index is 1.97. The minimum absolute atomic E-state index is 0.00995. The Hall–Kier alpha value is -1.13. The van der Waals surface area contributed by atoms with Gasteiger partial charge in [0.05, 0.1) is 11.0 Å². The number of rotatable bonds is 2. The molecule has 1 saturated carbocycles. The third kappa shape index (κ3) is 2.54. The van der Waals surface area contributed by atoms with Gasteiger partial charge in [-0.25, -0.2) is 0 Å². The van der Waals surface area contributed by atoms with E-state index in [1.165, 1.54) is 5.56 Å². The second kappa shape index (κ2) is 5.70. The number of carbonyl (C=O) groups excluding carboxylic acids is 1. The first-order chi connectivity index (χ1) is 9.66. The molecule has 3 atom stereocenters. The molecule has 0 saturated heterocycles. The van der Waals surface area contributed by atoms with Gasteiger partial charge < -0.3 is 0 Å². The van der Waals surface area contributed by atoms with Crippen molar-refractivity contribution in [3.05, 3.63) is 35.9 Å². The molecule has 106 valence electrons. The summed E-state index contributed by atoms with van der Waals surface area (Å²) in [6.45, 7) is 0. The minimum atomic E-state index is -0.00995. The second-order valence-electron chi connectivity index (χ2n) is 5.72. The Morgan fingerprint density at radius 1 is 1.25 bits per heavy atom. The van der Waals surface area contributed by atoms with E-state index >= 15 is 0 Å². The number of thioether (sulfide) groups is 1. The summed E-state index contributed by atoms with van der Waals surface area (Å²) < 4.78 is 0. The van der Waals surface area contributed by atoms with E-state index in [0.29, 0.717) is 11.0 Å². The molecule has 2 aliphatic rings. The number of fused-ring (bicyclic) bond motifs is 1. The van der Waals surface area contributed by atoms with Crippen LogP contribution in [0.2, 0.25) is 0 Å². The van der Waals surface area contributed by atoms with Crippen LogP contribution in [0.1, 0.15) is 24.8 Å². The highest BCUT2D eigenvalue weighted by Crippen LogP contribution is 2.40. The van der Waals surface area contributed by atoms with Crippen molar-refractivity contribution in [1.82, 2.24) is 4.90 Å². The topological polar surface area (TPSA) is 32.7 Å². The molecule has 1 aromatic rings. The van der Waals surface area contributed by atoms with E-state index in [4.69, 9.17) is 4.99 Å². The fourth-order valence-corrected chi connectivity index (χ4v) is 4.51. The molecule has 0 N–H and O–H groups in total. The first-order valence-corrected chi connectivity index (χ1v) is 8.04. The van der Waals surface area contributed by atoms with Crippen molar-refractivity contribution in [2.24, 2.45) is 10.9 Å². The summed E-state index contributed by atoms with van der Waals surface area (Å²) in [4.78, 5) is 19.2. The first-order valence-electron chi connectivity index (χ1n) is 7.16. The van der Waals surface area contributed by atoms with Gasteiger partial charge in [0.2, 0.25) is 0 Å². The van der Waals surface area contributed by atoms with Crippen LogP contribution in [0, 0.1) is 5.92 Å². The van der Waals surface area contributed by atoms with Crippen LogP contribution in [0.25, 0.3) is 0 Å². The van der Waals surface area contributed by atoms with Crippen LogP contribution in [-0.2, 0) is 4.79 Å². The quantitative estimate of drug-likeness (QED) is 0.839. The fourth-order valence-electron chi connectivity index (χ4n) is 3.06. The maximum atomic E-state index is 12.3. The Kier molecular flexibility index (Phi) is 3.94. The molecule has 3 nitrogen and oxygen atoms in total. The fraction of sp³-hybridized carbons (Fsp3) is 0.500. The molecule has 1 fully saturated rings. The lowest BCUT2D eigenvalue weighted by molar-refractivity contribution is -0.126. The van der Waals surface area contributed by atoms with Gasteiger partial charge in [0.25, 0.3) is 0 Å². The summed E-state index contributed by atoms with van der Waals surface area (Å²) >= 11 is 1.80. The molecule has 3 rings (SSSR count). The molecule has 1 aromatic carbocycles. The molecule has 20 heavy (non-hydrogen) atoms. The van der Waals surface area contributed by atoms with E-state index in [0.717, 1.165) is 24.3 Å². The van der Waals surface area contributed by atoms with Crippen molar-refractivity contribution in [3.63, 3.8) is 0 Å². The number of Topliss-reactive ketones (excluding diaryl/α,β-unsaturated/α-hetero) is 1. The summed E-state index contributed by atoms with van der Waals surface area (Å²) in [5.74, 6) is 0.458. The van der Waals surface area contributed by atoms with Crippen molar-refractivity contribution in [3.8, 4) is 0 Å². The molecule has 0 amide bonds. The Bertz CT molecular complexity index is 527. The number of hydrogen-bond acceptors (Lipinski definition) is 4. The molecular weight excluding hydrogens is 268 g/mol. The lowest BCUT2D eigenvalue weighted by Gasteiger charge is -2.40. The summed E-state index contributed by atoms with van der Waals surface area (Å²) in [6.07, 6.45) is 2.86. The summed E-state index contributed by atoms with van der Waals surface area (Å²) in [5.41, 5.74) is 1.17. The number of nitrogens with zero attached hydrogens (tertiary/aromatic N) is 2. The highest BCUT2D eigenvalue weighted by atomic mass is 32.2. The van der Waals surface area contributed by atoms with E-state index in [1.54, 1.807) is 11.8 Å². The van der Waals surface area contributed by atoms with Crippen LogP contribution in [0.3, 0.4) is 0 Å². The third-order valence-electron chi connectivity index (χ3n) is 4.07. The monoisotopic (exact) mass is 288 g/mol. The van der Waals surface area contributed by atoms with E-state index in [-0.39, 0.29) is 12.1 Å². The number of benzene rings is 1. The molecular formula is C16H20N2OS. The molecule has 0 spiro atoms. The van der Waals surface area contributed by atoms with Gasteiger partial charge in [0.1, 0.15) is 11.9 Å². The largest absolute Gasteiger partial charge is 0.299 e. The van der Waals surface area contributed by atoms with Gasteiger partial charge in [-0.3, -0.25) is 14.7 Å². The van der Waals surface area contributed by atoms with Gasteiger partial charge in [-0.1, -0.05) is 30.3 Å². The van der Waals surface area contributed by atoms with Gasteiger partial charge in [-0.2, -0.15) is 0 Å². The zero-order chi connectivity index (χ0) is 14.1. The Morgan fingerprint density at radius 2 is 2.00 bits per heavy atom. The standard InChI is InChI=1S/C16H20N2OS/c1-18(2)15-14-12(19)9-6-10-13(14)20-16(17-15)11-7-4-3-5-8-11/h3-5,7-8,13-15H,6,9-10H2,1-2H3. The molecule has 0 aromatic heterocycles. The van der Waals surface area contributed by atoms with E-state index in [2.05, 4.69) is 17.0 Å². The van der Waals surface area contributed by atoms with Crippen LogP contribution in [-0.4, -0.2) is 41.2 Å². The molecule has 4 heteroatoms. The normalized spacial score (nSPS) is 30.1. The molecule has 0 radical (unpaired) electrons. The predicted molar refractivity (Wildman–Crippen MR) is 84.2 cm³/mol. The van der Waals surface area contributed by atoms with Crippen LogP contribution >= 0.6 is 11.8 Å². The second-order valence-corrected chi connectivity index (χ2v) is 6.95. The van der Waals surface area contributed by atoms with Crippen molar-refractivity contribution in [1.29, 1.82) is 0 Å². The summed E-state index contributed by atoms with van der Waals surface area (Å²) in [6, 6.07) is 10.3. The zero-order valence-electron chi connectivity index (χ0n) is 12.0. The molecule has 1 aliphatic heterocycles.